The Morgan fingerprint density at radius 1 is 0.815 bits per heavy atom. The predicted molar refractivity (Wildman–Crippen MR) is 111 cm³/mol. The van der Waals surface area contributed by atoms with Crippen molar-refractivity contribution in [2.24, 2.45) is 0 Å². The van der Waals surface area contributed by atoms with E-state index in [0.717, 1.165) is 29.4 Å². The number of phenols is 1. The average Bonchev–Trinajstić information content (AvgIpc) is 2.67. The molecule has 0 saturated heterocycles. The molecule has 0 atom stereocenters. The normalized spacial score (nSPS) is 14.6. The van der Waals surface area contributed by atoms with Crippen LogP contribution in [0.5, 0.6) is 5.75 Å². The van der Waals surface area contributed by atoms with Gasteiger partial charge in [0.05, 0.1) is 0 Å². The van der Waals surface area contributed by atoms with Gasteiger partial charge in [0.1, 0.15) is 12.0 Å². The topological polar surface area (TPSA) is 37.3 Å². The number of hydrogen-bond donors (Lipinski definition) is 1. The molecule has 0 aromatic heterocycles. The summed E-state index contributed by atoms with van der Waals surface area (Å²) in [5, 5.41) is 9.97. The number of fused-ring (bicyclic) bond motifs is 3. The van der Waals surface area contributed by atoms with E-state index < -0.39 is 0 Å². The molecule has 0 spiro atoms. The summed E-state index contributed by atoms with van der Waals surface area (Å²) in [6.45, 7) is 4.54. The van der Waals surface area contributed by atoms with E-state index in [-0.39, 0.29) is 5.41 Å². The molecule has 27 heavy (non-hydrogen) atoms. The van der Waals surface area contributed by atoms with Crippen LogP contribution in [-0.4, -0.2) is 11.4 Å². The second-order valence-electron chi connectivity index (χ2n) is 7.82. The lowest BCUT2D eigenvalue weighted by Gasteiger charge is -2.34. The minimum absolute atomic E-state index is 0.0617. The maximum Gasteiger partial charge on any atom is 0.150 e. The number of carbonyl (C=O) groups excluding carboxylic acids is 1. The third-order valence-electron chi connectivity index (χ3n) is 5.33. The standard InChI is InChI=1S/C25H22O2/c1-25(2)15-20-10-11-21(27)14-22(20)23-13-18(9-12-24(23)25)6-3-17-4-7-19(16-26)8-5-17/h3-14,16,27H,15H2,1-2H3/b6-3+. The second kappa shape index (κ2) is 6.55. The van der Waals surface area contributed by atoms with Gasteiger partial charge in [0, 0.05) is 5.56 Å². The molecule has 4 rings (SSSR count). The minimum Gasteiger partial charge on any atom is -0.508 e. The van der Waals surface area contributed by atoms with Crippen LogP contribution in [0.15, 0.2) is 60.7 Å². The lowest BCUT2D eigenvalue weighted by molar-refractivity contribution is 0.112. The van der Waals surface area contributed by atoms with E-state index in [1.165, 1.54) is 16.7 Å². The fourth-order valence-corrected chi connectivity index (χ4v) is 3.90. The highest BCUT2D eigenvalue weighted by Crippen LogP contribution is 2.44. The van der Waals surface area contributed by atoms with Crippen molar-refractivity contribution in [3.05, 3.63) is 88.5 Å². The van der Waals surface area contributed by atoms with Crippen molar-refractivity contribution >= 4 is 18.4 Å². The van der Waals surface area contributed by atoms with Crippen molar-refractivity contribution in [3.8, 4) is 16.9 Å². The van der Waals surface area contributed by atoms with Crippen LogP contribution in [0.1, 0.15) is 46.5 Å². The Morgan fingerprint density at radius 2 is 1.48 bits per heavy atom. The molecule has 0 saturated carbocycles. The van der Waals surface area contributed by atoms with Gasteiger partial charge in [-0.15, -0.1) is 0 Å². The van der Waals surface area contributed by atoms with Crippen LogP contribution in [-0.2, 0) is 11.8 Å². The van der Waals surface area contributed by atoms with Crippen molar-refractivity contribution in [2.75, 3.05) is 0 Å². The molecule has 1 aliphatic rings. The molecule has 2 heteroatoms. The summed E-state index contributed by atoms with van der Waals surface area (Å²) < 4.78 is 0. The zero-order chi connectivity index (χ0) is 19.0. The molecular formula is C25H22O2. The van der Waals surface area contributed by atoms with E-state index in [9.17, 15) is 9.90 Å². The predicted octanol–water partition coefficient (Wildman–Crippen LogP) is 5.88. The zero-order valence-electron chi connectivity index (χ0n) is 15.6. The fraction of sp³-hybridized carbons (Fsp3) is 0.160. The quantitative estimate of drug-likeness (QED) is 0.471. The average molecular weight is 354 g/mol. The van der Waals surface area contributed by atoms with E-state index in [0.29, 0.717) is 11.3 Å². The Bertz CT molecular complexity index is 1040. The molecule has 0 bridgehead atoms. The molecule has 1 aliphatic carbocycles. The minimum atomic E-state index is 0.0617. The SMILES string of the molecule is CC1(C)Cc2ccc(O)cc2-c2cc(/C=C/c3ccc(C=O)cc3)ccc21. The number of aldehydes is 1. The first-order valence-electron chi connectivity index (χ1n) is 9.16. The zero-order valence-corrected chi connectivity index (χ0v) is 15.6. The van der Waals surface area contributed by atoms with Gasteiger partial charge < -0.3 is 5.11 Å². The lowest BCUT2D eigenvalue weighted by Crippen LogP contribution is -2.25. The first-order chi connectivity index (χ1) is 13.0. The van der Waals surface area contributed by atoms with E-state index in [1.807, 2.05) is 42.5 Å². The number of rotatable bonds is 3. The summed E-state index contributed by atoms with van der Waals surface area (Å²) in [7, 11) is 0. The second-order valence-corrected chi connectivity index (χ2v) is 7.82. The van der Waals surface area contributed by atoms with Gasteiger partial charge in [-0.1, -0.05) is 68.5 Å². The third kappa shape index (κ3) is 3.31. The molecule has 0 amide bonds. The van der Waals surface area contributed by atoms with Crippen LogP contribution < -0.4 is 0 Å². The van der Waals surface area contributed by atoms with E-state index in [1.54, 1.807) is 6.07 Å². The number of hydrogen-bond acceptors (Lipinski definition) is 2. The molecule has 0 radical (unpaired) electrons. The number of aromatic hydroxyl groups is 1. The molecule has 134 valence electrons. The number of benzene rings is 3. The monoisotopic (exact) mass is 354 g/mol. The molecule has 3 aromatic carbocycles. The van der Waals surface area contributed by atoms with Crippen molar-refractivity contribution in [3.63, 3.8) is 0 Å². The summed E-state index contributed by atoms with van der Waals surface area (Å²) in [6, 6.07) is 19.7. The van der Waals surface area contributed by atoms with Crippen LogP contribution >= 0.6 is 0 Å². The maximum atomic E-state index is 10.8. The number of carbonyl (C=O) groups is 1. The molecule has 3 aromatic rings. The van der Waals surface area contributed by atoms with Crippen molar-refractivity contribution in [1.82, 2.24) is 0 Å². The summed E-state index contributed by atoms with van der Waals surface area (Å²) in [5.41, 5.74) is 7.80. The van der Waals surface area contributed by atoms with Crippen LogP contribution in [0.2, 0.25) is 0 Å². The van der Waals surface area contributed by atoms with Crippen molar-refractivity contribution in [2.45, 2.75) is 25.7 Å². The van der Waals surface area contributed by atoms with E-state index >= 15 is 0 Å². The Balaban J connectivity index is 1.74. The highest BCUT2D eigenvalue weighted by molar-refractivity contribution is 5.81. The van der Waals surface area contributed by atoms with Gasteiger partial charge in [0.15, 0.2) is 0 Å². The number of phenolic OH excluding ortho intramolecular Hbond substituents is 1. The molecule has 0 aliphatic heterocycles. The highest BCUT2D eigenvalue weighted by Gasteiger charge is 2.30. The van der Waals surface area contributed by atoms with Crippen LogP contribution in [0.25, 0.3) is 23.3 Å². The van der Waals surface area contributed by atoms with Gasteiger partial charge in [-0.25, -0.2) is 0 Å². The van der Waals surface area contributed by atoms with Gasteiger partial charge in [0.25, 0.3) is 0 Å². The largest absolute Gasteiger partial charge is 0.508 e. The van der Waals surface area contributed by atoms with Crippen molar-refractivity contribution < 1.29 is 9.90 Å². The van der Waals surface area contributed by atoms with E-state index in [4.69, 9.17) is 0 Å². The van der Waals surface area contributed by atoms with Gasteiger partial charge in [0.2, 0.25) is 0 Å². The summed E-state index contributed by atoms with van der Waals surface area (Å²) in [6.07, 6.45) is 5.95. The van der Waals surface area contributed by atoms with Gasteiger partial charge in [-0.05, 0) is 63.4 Å². The first-order valence-corrected chi connectivity index (χ1v) is 9.16. The smallest absolute Gasteiger partial charge is 0.150 e. The van der Waals surface area contributed by atoms with Crippen LogP contribution in [0, 0.1) is 0 Å². The molecule has 2 nitrogen and oxygen atoms in total. The van der Waals surface area contributed by atoms with Crippen LogP contribution in [0.3, 0.4) is 0 Å². The van der Waals surface area contributed by atoms with Crippen LogP contribution in [0.4, 0.5) is 0 Å². The summed E-state index contributed by atoms with van der Waals surface area (Å²) in [5.74, 6) is 0.301. The molecular weight excluding hydrogens is 332 g/mol. The van der Waals surface area contributed by atoms with E-state index in [2.05, 4.69) is 38.1 Å². The first kappa shape index (κ1) is 17.3. The Labute approximate surface area is 159 Å². The molecule has 0 fully saturated rings. The fourth-order valence-electron chi connectivity index (χ4n) is 3.90. The Hall–Kier alpha value is -3.13. The molecule has 0 heterocycles. The summed E-state index contributed by atoms with van der Waals surface area (Å²) in [4.78, 5) is 10.8. The maximum absolute atomic E-state index is 10.8. The van der Waals surface area contributed by atoms with Gasteiger partial charge in [-0.3, -0.25) is 4.79 Å². The van der Waals surface area contributed by atoms with Gasteiger partial charge in [-0.2, -0.15) is 0 Å². The molecule has 0 unspecified atom stereocenters. The third-order valence-corrected chi connectivity index (χ3v) is 5.33. The Kier molecular flexibility index (Phi) is 4.19. The van der Waals surface area contributed by atoms with Crippen molar-refractivity contribution in [1.29, 1.82) is 0 Å². The summed E-state index contributed by atoms with van der Waals surface area (Å²) >= 11 is 0. The highest BCUT2D eigenvalue weighted by atomic mass is 16.3. The Morgan fingerprint density at radius 3 is 2.22 bits per heavy atom. The lowest BCUT2D eigenvalue weighted by atomic mass is 9.70. The molecule has 1 N–H and O–H groups in total. The van der Waals surface area contributed by atoms with Gasteiger partial charge >= 0.3 is 0 Å².